The van der Waals surface area contributed by atoms with Gasteiger partial charge in [-0.1, -0.05) is 0 Å². The summed E-state index contributed by atoms with van der Waals surface area (Å²) in [5.74, 6) is 0.535. The van der Waals surface area contributed by atoms with Gasteiger partial charge >= 0.3 is 0 Å². The number of nitrogens with one attached hydrogen (secondary N) is 1. The third-order valence-corrected chi connectivity index (χ3v) is 5.27. The molecule has 0 aromatic heterocycles. The van der Waals surface area contributed by atoms with Crippen LogP contribution in [0.4, 0.5) is 5.69 Å². The van der Waals surface area contributed by atoms with Crippen LogP contribution in [-0.4, -0.2) is 48.0 Å². The van der Waals surface area contributed by atoms with E-state index in [4.69, 9.17) is 10.5 Å². The van der Waals surface area contributed by atoms with Gasteiger partial charge in [-0.25, -0.2) is 5.01 Å². The number of rotatable bonds is 3. The Balaban J connectivity index is 1.74. The molecule has 2 aliphatic rings. The Morgan fingerprint density at radius 3 is 2.79 bits per heavy atom. The fourth-order valence-electron chi connectivity index (χ4n) is 2.81. The molecular formula is C16H23N5O2S. The molecule has 1 spiro atoms. The molecule has 0 amide bonds. The Labute approximate surface area is 145 Å². The van der Waals surface area contributed by atoms with Crippen molar-refractivity contribution in [1.82, 2.24) is 10.3 Å². The van der Waals surface area contributed by atoms with Crippen LogP contribution in [-0.2, 0) is 16.1 Å². The van der Waals surface area contributed by atoms with E-state index >= 15 is 0 Å². The maximum absolute atomic E-state index is 12.5. The summed E-state index contributed by atoms with van der Waals surface area (Å²) in [5, 5.41) is 9.48. The molecule has 1 aromatic rings. The Kier molecular flexibility index (Phi) is 5.27. The van der Waals surface area contributed by atoms with Gasteiger partial charge in [-0.05, 0) is 48.4 Å². The van der Waals surface area contributed by atoms with Crippen LogP contribution < -0.4 is 11.1 Å². The first-order valence-corrected chi connectivity index (χ1v) is 9.23. The second kappa shape index (κ2) is 7.42. The standard InChI is InChI=1S/C16H23N5O2S/c1-2-18-15(20-24(22)14-5-3-13(17)4-6-14)21-12-16(11-19-21)7-9-23-10-8-16/h3-6,11H,2,7-10,12,17H2,1H3,(H,18,20). The van der Waals surface area contributed by atoms with Crippen LogP contribution in [0.5, 0.6) is 0 Å². The summed E-state index contributed by atoms with van der Waals surface area (Å²) in [4.78, 5) is 0.614. The van der Waals surface area contributed by atoms with Crippen LogP contribution >= 0.6 is 0 Å². The SMILES string of the molecule is CCN/C(=N\[S+]([O-])c1ccc(N)cc1)N1CC2(C=N1)CCOCC2. The highest BCUT2D eigenvalue weighted by Crippen LogP contribution is 2.33. The van der Waals surface area contributed by atoms with Gasteiger partial charge in [0.15, 0.2) is 4.90 Å². The summed E-state index contributed by atoms with van der Waals surface area (Å²) in [6.45, 7) is 4.91. The van der Waals surface area contributed by atoms with Gasteiger partial charge < -0.3 is 20.3 Å². The smallest absolute Gasteiger partial charge is 0.269 e. The molecule has 8 heteroatoms. The fourth-order valence-corrected chi connectivity index (χ4v) is 3.60. The van der Waals surface area contributed by atoms with Gasteiger partial charge in [0.1, 0.15) is 11.4 Å². The molecule has 1 unspecified atom stereocenters. The molecule has 1 fully saturated rings. The van der Waals surface area contributed by atoms with Crippen LogP contribution in [0.2, 0.25) is 0 Å². The highest BCUT2D eigenvalue weighted by Gasteiger charge is 2.38. The Hall–Kier alpha value is -1.77. The van der Waals surface area contributed by atoms with E-state index in [-0.39, 0.29) is 5.41 Å². The average molecular weight is 349 g/mol. The van der Waals surface area contributed by atoms with Crippen molar-refractivity contribution in [2.45, 2.75) is 24.7 Å². The summed E-state index contributed by atoms with van der Waals surface area (Å²) < 4.78 is 22.3. The fraction of sp³-hybridized carbons (Fsp3) is 0.500. The topological polar surface area (TPSA) is 98.3 Å². The number of hydrogen-bond donors (Lipinski definition) is 2. The quantitative estimate of drug-likeness (QED) is 0.371. The third-order valence-electron chi connectivity index (χ3n) is 4.25. The van der Waals surface area contributed by atoms with Crippen molar-refractivity contribution in [2.24, 2.45) is 14.9 Å². The summed E-state index contributed by atoms with van der Waals surface area (Å²) in [6, 6.07) is 6.90. The van der Waals surface area contributed by atoms with Gasteiger partial charge in [0.25, 0.3) is 5.96 Å². The minimum atomic E-state index is -1.51. The molecule has 0 bridgehead atoms. The van der Waals surface area contributed by atoms with Crippen LogP contribution in [0.1, 0.15) is 19.8 Å². The van der Waals surface area contributed by atoms with Gasteiger partial charge in [-0.15, -0.1) is 0 Å². The van der Waals surface area contributed by atoms with Crippen molar-refractivity contribution < 1.29 is 9.29 Å². The number of nitrogens with two attached hydrogens (primary N) is 1. The van der Waals surface area contributed by atoms with E-state index in [2.05, 4.69) is 14.8 Å². The Morgan fingerprint density at radius 2 is 2.12 bits per heavy atom. The molecule has 1 saturated heterocycles. The van der Waals surface area contributed by atoms with Gasteiger partial charge in [0.2, 0.25) is 0 Å². The van der Waals surface area contributed by atoms with E-state index in [1.165, 1.54) is 0 Å². The van der Waals surface area contributed by atoms with Crippen molar-refractivity contribution in [1.29, 1.82) is 0 Å². The molecule has 1 atom stereocenters. The number of hydrazone groups is 1. The first kappa shape index (κ1) is 17.1. The molecular weight excluding hydrogens is 326 g/mol. The molecule has 0 aliphatic carbocycles. The molecule has 130 valence electrons. The normalized spacial score (nSPS) is 21.2. The molecule has 2 heterocycles. The van der Waals surface area contributed by atoms with Crippen LogP contribution in [0.3, 0.4) is 0 Å². The van der Waals surface area contributed by atoms with Crippen molar-refractivity contribution in [3.05, 3.63) is 24.3 Å². The second-order valence-electron chi connectivity index (χ2n) is 6.04. The van der Waals surface area contributed by atoms with Crippen molar-refractivity contribution in [3.63, 3.8) is 0 Å². The van der Waals surface area contributed by atoms with Crippen molar-refractivity contribution in [3.8, 4) is 0 Å². The Morgan fingerprint density at radius 1 is 1.42 bits per heavy atom. The first-order chi connectivity index (χ1) is 11.6. The highest BCUT2D eigenvalue weighted by molar-refractivity contribution is 7.90. The van der Waals surface area contributed by atoms with E-state index in [0.717, 1.165) is 32.6 Å². The van der Waals surface area contributed by atoms with E-state index in [1.807, 2.05) is 18.1 Å². The van der Waals surface area contributed by atoms with E-state index in [0.29, 0.717) is 23.1 Å². The van der Waals surface area contributed by atoms with Crippen molar-refractivity contribution in [2.75, 3.05) is 32.0 Å². The highest BCUT2D eigenvalue weighted by atomic mass is 32.2. The molecule has 24 heavy (non-hydrogen) atoms. The zero-order valence-electron chi connectivity index (χ0n) is 13.8. The van der Waals surface area contributed by atoms with Crippen LogP contribution in [0.25, 0.3) is 0 Å². The number of nitrogen functional groups attached to an aromatic ring is 1. The first-order valence-electron chi connectivity index (χ1n) is 8.12. The molecule has 3 rings (SSSR count). The number of guanidine groups is 1. The molecule has 1 aromatic carbocycles. The van der Waals surface area contributed by atoms with E-state index in [9.17, 15) is 4.55 Å². The van der Waals surface area contributed by atoms with Crippen LogP contribution in [0.15, 0.2) is 38.7 Å². The Bertz CT molecular complexity index is 613. The number of benzene rings is 1. The summed E-state index contributed by atoms with van der Waals surface area (Å²) in [5.41, 5.74) is 6.34. The predicted molar refractivity (Wildman–Crippen MR) is 96.1 cm³/mol. The molecule has 2 aliphatic heterocycles. The molecule has 0 saturated carbocycles. The van der Waals surface area contributed by atoms with Crippen LogP contribution in [0, 0.1) is 5.41 Å². The lowest BCUT2D eigenvalue weighted by Gasteiger charge is -2.31. The minimum absolute atomic E-state index is 0.0388. The largest absolute Gasteiger partial charge is 0.586 e. The summed E-state index contributed by atoms with van der Waals surface area (Å²) in [6.07, 6.45) is 3.90. The number of ether oxygens (including phenoxy) is 1. The third kappa shape index (κ3) is 3.82. The molecule has 0 radical (unpaired) electrons. The van der Waals surface area contributed by atoms with Gasteiger partial charge in [-0.3, -0.25) is 0 Å². The number of hydrogen-bond acceptors (Lipinski definition) is 5. The molecule has 7 nitrogen and oxygen atoms in total. The minimum Gasteiger partial charge on any atom is -0.586 e. The van der Waals surface area contributed by atoms with Gasteiger partial charge in [0, 0.05) is 37.1 Å². The maximum Gasteiger partial charge on any atom is 0.269 e. The van der Waals surface area contributed by atoms with Crippen molar-refractivity contribution >= 4 is 29.2 Å². The summed E-state index contributed by atoms with van der Waals surface area (Å²) >= 11 is -1.51. The predicted octanol–water partition coefficient (Wildman–Crippen LogP) is 1.36. The average Bonchev–Trinajstić information content (AvgIpc) is 2.99. The number of anilines is 1. The zero-order valence-corrected chi connectivity index (χ0v) is 14.6. The van der Waals surface area contributed by atoms with Gasteiger partial charge in [-0.2, -0.15) is 5.10 Å². The summed E-state index contributed by atoms with van der Waals surface area (Å²) in [7, 11) is 0. The van der Waals surface area contributed by atoms with E-state index in [1.54, 1.807) is 24.3 Å². The maximum atomic E-state index is 12.5. The number of nitrogens with zero attached hydrogens (tertiary/aromatic N) is 3. The lowest BCUT2D eigenvalue weighted by molar-refractivity contribution is 0.0452. The monoisotopic (exact) mass is 349 g/mol. The zero-order chi connectivity index (χ0) is 17.0. The van der Waals surface area contributed by atoms with E-state index < -0.39 is 11.4 Å². The second-order valence-corrected chi connectivity index (χ2v) is 7.19. The lowest BCUT2D eigenvalue weighted by atomic mass is 9.82. The lowest BCUT2D eigenvalue weighted by Crippen LogP contribution is -2.42. The van der Waals surface area contributed by atoms with Gasteiger partial charge in [0.05, 0.1) is 6.54 Å². The molecule has 3 N–H and O–H groups in total.